The van der Waals surface area contributed by atoms with Crippen LogP contribution in [-0.4, -0.2) is 45.5 Å². The van der Waals surface area contributed by atoms with Crippen LogP contribution < -0.4 is 0 Å². The summed E-state index contributed by atoms with van der Waals surface area (Å²) in [6.07, 6.45) is 1.18. The zero-order valence-electron chi connectivity index (χ0n) is 18.3. The van der Waals surface area contributed by atoms with E-state index in [1.54, 1.807) is 0 Å². The van der Waals surface area contributed by atoms with Gasteiger partial charge < -0.3 is 18.7 Å². The minimum absolute atomic E-state index is 0.0179. The van der Waals surface area contributed by atoms with Crippen molar-refractivity contribution < 1.29 is 23.5 Å². The van der Waals surface area contributed by atoms with Crippen LogP contribution in [0.4, 0.5) is 0 Å². The second-order valence-corrected chi connectivity index (χ2v) is 15.1. The zero-order valence-corrected chi connectivity index (χ0v) is 19.3. The van der Waals surface area contributed by atoms with Crippen molar-refractivity contribution in [1.82, 2.24) is 0 Å². The van der Waals surface area contributed by atoms with Crippen LogP contribution in [0.5, 0.6) is 0 Å². The highest BCUT2D eigenvalue weighted by atomic mass is 28.4. The van der Waals surface area contributed by atoms with Gasteiger partial charge in [-0.15, -0.1) is 0 Å². The first-order valence-corrected chi connectivity index (χ1v) is 12.4. The van der Waals surface area contributed by atoms with Crippen molar-refractivity contribution in [2.75, 3.05) is 7.11 Å². The molecule has 4 atom stereocenters. The highest BCUT2D eigenvalue weighted by Gasteiger charge is 2.52. The monoisotopic (exact) mass is 386 g/mol. The number of aldehydes is 1. The average Bonchev–Trinajstić information content (AvgIpc) is 2.46. The van der Waals surface area contributed by atoms with Crippen LogP contribution in [0.15, 0.2) is 0 Å². The molecule has 0 amide bonds. The van der Waals surface area contributed by atoms with E-state index in [1.165, 1.54) is 7.11 Å². The molecule has 26 heavy (non-hydrogen) atoms. The summed E-state index contributed by atoms with van der Waals surface area (Å²) in [5.74, 6) is -0.710. The lowest BCUT2D eigenvalue weighted by Crippen LogP contribution is -2.56. The molecule has 0 heterocycles. The van der Waals surface area contributed by atoms with E-state index < -0.39 is 25.3 Å². The number of rotatable bonds is 5. The van der Waals surface area contributed by atoms with E-state index in [0.717, 1.165) is 6.29 Å². The fourth-order valence-corrected chi connectivity index (χ4v) is 4.53. The predicted molar refractivity (Wildman–Crippen MR) is 106 cm³/mol. The summed E-state index contributed by atoms with van der Waals surface area (Å²) < 4.78 is 17.8. The van der Waals surface area contributed by atoms with E-state index in [0.29, 0.717) is 12.8 Å². The molecule has 0 aliphatic heterocycles. The number of hydrogen-bond acceptors (Lipinski definition) is 5. The van der Waals surface area contributed by atoms with E-state index in [1.807, 2.05) is 27.7 Å². The molecule has 1 aliphatic carbocycles. The normalized spacial score (nSPS) is 30.8. The van der Waals surface area contributed by atoms with Gasteiger partial charge in [0.15, 0.2) is 8.32 Å². The maximum atomic E-state index is 12.5. The van der Waals surface area contributed by atoms with E-state index in [2.05, 4.69) is 33.9 Å². The first kappa shape index (κ1) is 23.3. The summed E-state index contributed by atoms with van der Waals surface area (Å²) in [4.78, 5) is 24.5. The molecule has 1 saturated carbocycles. The average molecular weight is 387 g/mol. The molecule has 0 bridgehead atoms. The predicted octanol–water partition coefficient (Wildman–Crippen LogP) is 4.35. The molecule has 0 saturated heterocycles. The van der Waals surface area contributed by atoms with Gasteiger partial charge in [-0.05, 0) is 51.7 Å². The molecule has 6 heteroatoms. The maximum absolute atomic E-state index is 12.5. The van der Waals surface area contributed by atoms with E-state index in [-0.39, 0.29) is 23.2 Å². The fourth-order valence-electron chi connectivity index (χ4n) is 3.17. The van der Waals surface area contributed by atoms with Crippen molar-refractivity contribution in [2.24, 2.45) is 11.3 Å². The molecule has 1 aliphatic rings. The summed E-state index contributed by atoms with van der Waals surface area (Å²) in [6, 6.07) is 0. The summed E-state index contributed by atoms with van der Waals surface area (Å²) in [5, 5.41) is 0.0179. The smallest absolute Gasteiger partial charge is 0.311 e. The Morgan fingerprint density at radius 3 is 2.08 bits per heavy atom. The van der Waals surface area contributed by atoms with Crippen LogP contribution in [0.25, 0.3) is 0 Å². The van der Waals surface area contributed by atoms with Crippen LogP contribution >= 0.6 is 0 Å². The number of esters is 1. The quantitative estimate of drug-likeness (QED) is 0.399. The summed E-state index contributed by atoms with van der Waals surface area (Å²) in [7, 11) is -0.700. The molecule has 5 nitrogen and oxygen atoms in total. The molecule has 0 aromatic heterocycles. The topological polar surface area (TPSA) is 61.8 Å². The van der Waals surface area contributed by atoms with Crippen LogP contribution in [0, 0.1) is 11.3 Å². The SMILES string of the molecule is COC(=O)[C@@H]1C[C@H](OC(C)(C)C)[C@](C)(C=O)C[C@@H]1O[Si](C)(C)C(C)(C)C. The molecule has 152 valence electrons. The number of hydrogen-bond donors (Lipinski definition) is 0. The number of carbonyl (C=O) groups excluding carboxylic acids is 2. The lowest BCUT2D eigenvalue weighted by atomic mass is 9.68. The largest absolute Gasteiger partial charge is 0.469 e. The van der Waals surface area contributed by atoms with Gasteiger partial charge in [0.05, 0.1) is 36.3 Å². The molecule has 0 spiro atoms. The second kappa shape index (κ2) is 7.72. The van der Waals surface area contributed by atoms with Crippen molar-refractivity contribution in [3.63, 3.8) is 0 Å². The van der Waals surface area contributed by atoms with E-state index in [4.69, 9.17) is 13.9 Å². The van der Waals surface area contributed by atoms with Crippen molar-refractivity contribution in [3.8, 4) is 0 Å². The molecule has 0 radical (unpaired) electrons. The second-order valence-electron chi connectivity index (χ2n) is 10.3. The van der Waals surface area contributed by atoms with Gasteiger partial charge in [0, 0.05) is 0 Å². The fraction of sp³-hybridized carbons (Fsp3) is 0.900. The number of carbonyl (C=O) groups is 2. The van der Waals surface area contributed by atoms with Gasteiger partial charge in [0.25, 0.3) is 0 Å². The molecule has 0 N–H and O–H groups in total. The Bertz CT molecular complexity index is 517. The van der Waals surface area contributed by atoms with E-state index in [9.17, 15) is 9.59 Å². The molecule has 1 fully saturated rings. The summed E-state index contributed by atoms with van der Waals surface area (Å²) >= 11 is 0. The van der Waals surface area contributed by atoms with E-state index >= 15 is 0 Å². The Morgan fingerprint density at radius 1 is 1.15 bits per heavy atom. The standard InChI is InChI=1S/C20H38O5Si/c1-18(2,3)24-16-11-14(17(22)23-8)15(12-20(16,7)13-21)25-26(9,10)19(4,5)6/h13-16H,11-12H2,1-10H3/t14-,15+,16+,20+/m1/s1. The van der Waals surface area contributed by atoms with Crippen molar-refractivity contribution in [1.29, 1.82) is 0 Å². The highest BCUT2D eigenvalue weighted by molar-refractivity contribution is 6.74. The van der Waals surface area contributed by atoms with Crippen molar-refractivity contribution in [2.45, 2.75) is 97.2 Å². The molecule has 1 rings (SSSR count). The van der Waals surface area contributed by atoms with Crippen LogP contribution in [0.1, 0.15) is 61.3 Å². The third-order valence-corrected chi connectivity index (χ3v) is 10.3. The van der Waals surface area contributed by atoms with Crippen LogP contribution in [0.2, 0.25) is 18.1 Å². The van der Waals surface area contributed by atoms with Gasteiger partial charge in [-0.2, -0.15) is 0 Å². The number of ether oxygens (including phenoxy) is 2. The Balaban J connectivity index is 3.21. The van der Waals surface area contributed by atoms with Gasteiger partial charge in [-0.25, -0.2) is 0 Å². The zero-order chi connectivity index (χ0) is 20.6. The van der Waals surface area contributed by atoms with Gasteiger partial charge in [-0.1, -0.05) is 27.7 Å². The van der Waals surface area contributed by atoms with Gasteiger partial charge in [-0.3, -0.25) is 4.79 Å². The minimum atomic E-state index is -2.10. The Hall–Kier alpha value is -0.723. The van der Waals surface area contributed by atoms with Crippen LogP contribution in [-0.2, 0) is 23.5 Å². The molecule has 0 aromatic rings. The maximum Gasteiger partial charge on any atom is 0.311 e. The van der Waals surface area contributed by atoms with Crippen molar-refractivity contribution >= 4 is 20.6 Å². The van der Waals surface area contributed by atoms with Crippen molar-refractivity contribution in [3.05, 3.63) is 0 Å². The number of methoxy groups -OCH3 is 1. The summed E-state index contributed by atoms with van der Waals surface area (Å²) in [5.41, 5.74) is -1.09. The Labute approximate surface area is 160 Å². The molecule has 0 unspecified atom stereocenters. The van der Waals surface area contributed by atoms with Gasteiger partial charge in [0.2, 0.25) is 0 Å². The highest BCUT2D eigenvalue weighted by Crippen LogP contribution is 2.46. The molecule has 0 aromatic carbocycles. The first-order chi connectivity index (χ1) is 11.6. The van der Waals surface area contributed by atoms with Crippen LogP contribution in [0.3, 0.4) is 0 Å². The molecular formula is C20H38O5Si. The lowest BCUT2D eigenvalue weighted by molar-refractivity contribution is -0.178. The lowest BCUT2D eigenvalue weighted by Gasteiger charge is -2.49. The Kier molecular flexibility index (Phi) is 6.92. The third-order valence-electron chi connectivity index (χ3n) is 5.81. The Morgan fingerprint density at radius 2 is 1.69 bits per heavy atom. The minimum Gasteiger partial charge on any atom is -0.469 e. The summed E-state index contributed by atoms with van der Waals surface area (Å²) in [6.45, 7) is 18.6. The molecular weight excluding hydrogens is 348 g/mol. The third kappa shape index (κ3) is 5.39. The van der Waals surface area contributed by atoms with Gasteiger partial charge >= 0.3 is 5.97 Å². The van der Waals surface area contributed by atoms with Gasteiger partial charge in [0.1, 0.15) is 6.29 Å². The first-order valence-electron chi connectivity index (χ1n) is 9.46.